The van der Waals surface area contributed by atoms with Crippen molar-refractivity contribution in [1.82, 2.24) is 4.98 Å². The second-order valence-electron chi connectivity index (χ2n) is 5.20. The van der Waals surface area contributed by atoms with Crippen molar-refractivity contribution in [3.05, 3.63) is 41.3 Å². The third-order valence-electron chi connectivity index (χ3n) is 3.74. The minimum Gasteiger partial charge on any atom is -0.411 e. The summed E-state index contributed by atoms with van der Waals surface area (Å²) in [5.74, 6) is 5.66. The number of pyridine rings is 1. The fourth-order valence-corrected chi connectivity index (χ4v) is 2.66. The number of nitrogens with zero attached hydrogens (tertiary/aromatic N) is 1. The first-order chi connectivity index (χ1) is 10.1. The van der Waals surface area contributed by atoms with Crippen molar-refractivity contribution in [3.63, 3.8) is 0 Å². The number of hydrogen-bond acceptors (Lipinski definition) is 4. The van der Waals surface area contributed by atoms with Gasteiger partial charge in [0.25, 0.3) is 0 Å². The van der Waals surface area contributed by atoms with Gasteiger partial charge in [-0.05, 0) is 43.5 Å². The Morgan fingerprint density at radius 3 is 2.95 bits per heavy atom. The second kappa shape index (κ2) is 5.42. The maximum atomic E-state index is 14.3. The number of nitrogens with two attached hydrogens (primary N) is 1. The lowest BCUT2D eigenvalue weighted by atomic mass is 9.97. The van der Waals surface area contributed by atoms with Gasteiger partial charge in [0.1, 0.15) is 11.9 Å². The summed E-state index contributed by atoms with van der Waals surface area (Å²) in [6.07, 6.45) is 0.0607. The Kier molecular flexibility index (Phi) is 3.61. The normalized spacial score (nSPS) is 19.1. The molecule has 1 aromatic heterocycles. The van der Waals surface area contributed by atoms with Gasteiger partial charge in [-0.1, -0.05) is 6.07 Å². The van der Waals surface area contributed by atoms with Crippen LogP contribution >= 0.6 is 0 Å². The number of ether oxygens (including phenoxy) is 1. The van der Waals surface area contributed by atoms with Crippen LogP contribution in [-0.2, 0) is 4.74 Å². The molecule has 21 heavy (non-hydrogen) atoms. The zero-order valence-electron chi connectivity index (χ0n) is 12.0. The van der Waals surface area contributed by atoms with Gasteiger partial charge >= 0.3 is 0 Å². The molecule has 0 saturated carbocycles. The Bertz CT molecular complexity index is 728. The molecule has 0 bridgehead atoms. The van der Waals surface area contributed by atoms with Crippen molar-refractivity contribution in [2.45, 2.75) is 26.4 Å². The molecule has 0 saturated heterocycles. The molecule has 5 heteroatoms. The van der Waals surface area contributed by atoms with Gasteiger partial charge in [-0.3, -0.25) is 4.98 Å². The maximum absolute atomic E-state index is 14.3. The van der Waals surface area contributed by atoms with Crippen LogP contribution in [0.15, 0.2) is 30.1 Å². The zero-order chi connectivity index (χ0) is 15.0. The minimum absolute atomic E-state index is 0.212. The average Bonchev–Trinajstić information content (AvgIpc) is 2.49. The topological polar surface area (TPSA) is 57.4 Å². The first kappa shape index (κ1) is 14.0. The molecule has 0 spiro atoms. The average molecular weight is 288 g/mol. The standard InChI is InChI=1S/C16H17FN2O2/c1-9-7-15(21-18)13-8-11(3-4-14(13)19-9)12-5-6-20-10(2)16(12)17/h3-4,7-8,10H,5-6,18H2,1-2H3. The predicted octanol–water partition coefficient (Wildman–Crippen LogP) is 3.29. The zero-order valence-corrected chi connectivity index (χ0v) is 12.0. The Morgan fingerprint density at radius 2 is 2.19 bits per heavy atom. The Balaban J connectivity index is 2.17. The molecule has 2 heterocycles. The van der Waals surface area contributed by atoms with E-state index in [-0.39, 0.29) is 5.83 Å². The van der Waals surface area contributed by atoms with Gasteiger partial charge in [0, 0.05) is 17.1 Å². The molecule has 1 atom stereocenters. The van der Waals surface area contributed by atoms with Crippen LogP contribution in [0, 0.1) is 6.92 Å². The molecule has 0 aliphatic carbocycles. The van der Waals surface area contributed by atoms with E-state index in [1.54, 1.807) is 13.0 Å². The quantitative estimate of drug-likeness (QED) is 0.862. The molecule has 2 aromatic rings. The van der Waals surface area contributed by atoms with Crippen molar-refractivity contribution >= 4 is 16.5 Å². The van der Waals surface area contributed by atoms with E-state index in [4.69, 9.17) is 15.5 Å². The van der Waals surface area contributed by atoms with Gasteiger partial charge in [0.05, 0.1) is 12.1 Å². The van der Waals surface area contributed by atoms with Crippen molar-refractivity contribution in [2.75, 3.05) is 6.61 Å². The number of aromatic nitrogens is 1. The van der Waals surface area contributed by atoms with Crippen molar-refractivity contribution in [3.8, 4) is 5.75 Å². The highest BCUT2D eigenvalue weighted by Gasteiger charge is 2.21. The highest BCUT2D eigenvalue weighted by Crippen LogP contribution is 2.34. The molecular formula is C16H17FN2O2. The van der Waals surface area contributed by atoms with Crippen LogP contribution in [-0.4, -0.2) is 17.7 Å². The molecule has 1 aromatic carbocycles. The first-order valence-electron chi connectivity index (χ1n) is 6.89. The Hall–Kier alpha value is -1.98. The Morgan fingerprint density at radius 1 is 1.38 bits per heavy atom. The number of rotatable bonds is 2. The summed E-state index contributed by atoms with van der Waals surface area (Å²) in [5, 5.41) is 0.778. The summed E-state index contributed by atoms with van der Waals surface area (Å²) in [6.45, 7) is 4.11. The fourth-order valence-electron chi connectivity index (χ4n) is 2.66. The van der Waals surface area contributed by atoms with E-state index in [0.29, 0.717) is 24.4 Å². The molecular weight excluding hydrogens is 271 g/mol. The van der Waals surface area contributed by atoms with Crippen molar-refractivity contribution in [2.24, 2.45) is 5.90 Å². The van der Waals surface area contributed by atoms with Gasteiger partial charge in [0.15, 0.2) is 5.75 Å². The molecule has 0 amide bonds. The van der Waals surface area contributed by atoms with Crippen LogP contribution in [0.5, 0.6) is 5.75 Å². The van der Waals surface area contributed by atoms with E-state index in [0.717, 1.165) is 22.2 Å². The highest BCUT2D eigenvalue weighted by molar-refractivity contribution is 5.89. The van der Waals surface area contributed by atoms with Crippen LogP contribution in [0.4, 0.5) is 4.39 Å². The van der Waals surface area contributed by atoms with Gasteiger partial charge in [-0.25, -0.2) is 4.39 Å². The van der Waals surface area contributed by atoms with E-state index in [1.807, 2.05) is 25.1 Å². The lowest BCUT2D eigenvalue weighted by Gasteiger charge is -2.22. The summed E-state index contributed by atoms with van der Waals surface area (Å²) in [4.78, 5) is 9.36. The first-order valence-corrected chi connectivity index (χ1v) is 6.89. The van der Waals surface area contributed by atoms with Crippen LogP contribution in [0.2, 0.25) is 0 Å². The van der Waals surface area contributed by atoms with Crippen LogP contribution < -0.4 is 10.7 Å². The molecule has 1 unspecified atom stereocenters. The summed E-state index contributed by atoms with van der Waals surface area (Å²) < 4.78 is 19.6. The molecule has 4 nitrogen and oxygen atoms in total. The fraction of sp³-hybridized carbons (Fsp3) is 0.312. The SMILES string of the molecule is Cc1cc(ON)c2cc(C3=C(F)C(C)OCC3)ccc2n1. The number of halogens is 1. The molecule has 0 radical (unpaired) electrons. The largest absolute Gasteiger partial charge is 0.411 e. The summed E-state index contributed by atoms with van der Waals surface area (Å²) in [5.41, 5.74) is 3.10. The van der Waals surface area contributed by atoms with Gasteiger partial charge in [-0.2, -0.15) is 5.90 Å². The summed E-state index contributed by atoms with van der Waals surface area (Å²) in [6, 6.07) is 7.38. The third-order valence-corrected chi connectivity index (χ3v) is 3.74. The van der Waals surface area contributed by atoms with Crippen LogP contribution in [0.25, 0.3) is 16.5 Å². The number of aryl methyl sites for hydroxylation is 1. The number of fused-ring (bicyclic) bond motifs is 1. The van der Waals surface area contributed by atoms with Crippen molar-refractivity contribution < 1.29 is 14.0 Å². The van der Waals surface area contributed by atoms with Crippen molar-refractivity contribution in [1.29, 1.82) is 0 Å². The number of benzene rings is 1. The lowest BCUT2D eigenvalue weighted by molar-refractivity contribution is 0.0696. The molecule has 1 aliphatic rings. The predicted molar refractivity (Wildman–Crippen MR) is 79.4 cm³/mol. The van der Waals surface area contributed by atoms with Gasteiger partial charge < -0.3 is 9.57 Å². The molecule has 1 aliphatic heterocycles. The Labute approximate surface area is 122 Å². The van der Waals surface area contributed by atoms with E-state index in [9.17, 15) is 4.39 Å². The third kappa shape index (κ3) is 2.50. The van der Waals surface area contributed by atoms with E-state index < -0.39 is 6.10 Å². The summed E-state index contributed by atoms with van der Waals surface area (Å²) >= 11 is 0. The molecule has 0 fully saturated rings. The van der Waals surface area contributed by atoms with Gasteiger partial charge in [0.2, 0.25) is 0 Å². The monoisotopic (exact) mass is 288 g/mol. The van der Waals surface area contributed by atoms with Gasteiger partial charge in [-0.15, -0.1) is 0 Å². The smallest absolute Gasteiger partial charge is 0.158 e. The van der Waals surface area contributed by atoms with E-state index in [1.165, 1.54) is 0 Å². The number of hydrogen-bond donors (Lipinski definition) is 1. The van der Waals surface area contributed by atoms with Crippen LogP contribution in [0.1, 0.15) is 24.6 Å². The van der Waals surface area contributed by atoms with E-state index >= 15 is 0 Å². The molecule has 110 valence electrons. The summed E-state index contributed by atoms with van der Waals surface area (Å²) in [7, 11) is 0. The van der Waals surface area contributed by atoms with E-state index in [2.05, 4.69) is 4.98 Å². The minimum atomic E-state index is -0.495. The molecule has 3 rings (SSSR count). The maximum Gasteiger partial charge on any atom is 0.158 e. The highest BCUT2D eigenvalue weighted by atomic mass is 19.1. The van der Waals surface area contributed by atoms with Crippen LogP contribution in [0.3, 0.4) is 0 Å². The lowest BCUT2D eigenvalue weighted by Crippen LogP contribution is -2.17. The molecule has 2 N–H and O–H groups in total. The second-order valence-corrected chi connectivity index (χ2v) is 5.20.